The fourth-order valence-corrected chi connectivity index (χ4v) is 5.09. The lowest BCUT2D eigenvalue weighted by Gasteiger charge is -2.55. The Morgan fingerprint density at radius 2 is 1.53 bits per heavy atom. The molecule has 4 saturated carbocycles. The normalized spacial score (nSPS) is 43.7. The zero-order valence-electron chi connectivity index (χ0n) is 11.3. The smallest absolute Gasteiger partial charge is 0.0683 e. The van der Waals surface area contributed by atoms with Crippen LogP contribution in [0.5, 0.6) is 0 Å². The lowest BCUT2D eigenvalue weighted by Crippen LogP contribution is -2.45. The highest BCUT2D eigenvalue weighted by Gasteiger charge is 2.47. The highest BCUT2D eigenvalue weighted by Crippen LogP contribution is 2.57. The molecule has 0 aromatic carbocycles. The molecule has 4 bridgehead atoms. The van der Waals surface area contributed by atoms with Gasteiger partial charge in [-0.25, -0.2) is 0 Å². The second kappa shape index (κ2) is 4.01. The van der Waals surface area contributed by atoms with E-state index in [0.29, 0.717) is 0 Å². The molecule has 0 aliphatic heterocycles. The van der Waals surface area contributed by atoms with Crippen molar-refractivity contribution in [3.05, 3.63) is 0 Å². The second-order valence-electron chi connectivity index (χ2n) is 7.63. The molecule has 0 unspecified atom stereocenters. The highest BCUT2D eigenvalue weighted by atomic mass is 14.5. The maximum Gasteiger partial charge on any atom is 0.0683 e. The third-order valence-electron chi connectivity index (χ3n) is 5.83. The van der Waals surface area contributed by atoms with Gasteiger partial charge in [-0.1, -0.05) is 0 Å². The van der Waals surface area contributed by atoms with Gasteiger partial charge in [-0.15, -0.1) is 0 Å². The van der Waals surface area contributed by atoms with Crippen molar-refractivity contribution in [2.45, 2.75) is 58.8 Å². The van der Waals surface area contributed by atoms with Gasteiger partial charge in [-0.2, -0.15) is 5.26 Å². The number of nitriles is 1. The summed E-state index contributed by atoms with van der Waals surface area (Å²) in [5, 5.41) is 9.13. The van der Waals surface area contributed by atoms with Gasteiger partial charge in [0.15, 0.2) is 0 Å². The first kappa shape index (κ1) is 11.6. The molecule has 17 heavy (non-hydrogen) atoms. The van der Waals surface area contributed by atoms with E-state index in [1.54, 1.807) is 6.42 Å². The van der Waals surface area contributed by atoms with Gasteiger partial charge in [-0.3, -0.25) is 0 Å². The summed E-state index contributed by atoms with van der Waals surface area (Å²) in [6.45, 7) is 4.20. The Morgan fingerprint density at radius 1 is 1.00 bits per heavy atom. The predicted molar refractivity (Wildman–Crippen MR) is 69.2 cm³/mol. The fraction of sp³-hybridized carbons (Fsp3) is 0.938. The van der Waals surface area contributed by atoms with Gasteiger partial charge in [0.1, 0.15) is 0 Å². The maximum absolute atomic E-state index is 9.13. The van der Waals surface area contributed by atoms with E-state index >= 15 is 0 Å². The third-order valence-corrected chi connectivity index (χ3v) is 5.83. The van der Waals surface area contributed by atoms with Crippen LogP contribution in [-0.4, -0.2) is 0 Å². The first-order chi connectivity index (χ1) is 8.07. The van der Waals surface area contributed by atoms with Crippen LogP contribution in [0.4, 0.5) is 0 Å². The first-order valence-corrected chi connectivity index (χ1v) is 7.48. The van der Waals surface area contributed by atoms with Crippen LogP contribution < -0.4 is 0 Å². The van der Waals surface area contributed by atoms with Gasteiger partial charge < -0.3 is 0 Å². The van der Waals surface area contributed by atoms with Gasteiger partial charge >= 0.3 is 0 Å². The number of nitrogens with zero attached hydrogens (tertiary/aromatic N) is 1. The molecule has 0 N–H and O–H groups in total. The predicted octanol–water partition coefficient (Wildman–Crippen LogP) is 4.39. The summed E-state index contributed by atoms with van der Waals surface area (Å²) in [6.07, 6.45) is 10.0. The third kappa shape index (κ3) is 2.12. The molecule has 0 aromatic rings. The molecular formula is C16H25N. The van der Waals surface area contributed by atoms with Crippen molar-refractivity contribution in [3.63, 3.8) is 0 Å². The summed E-state index contributed by atoms with van der Waals surface area (Å²) in [5.74, 6) is 5.19. The molecule has 94 valence electrons. The van der Waals surface area contributed by atoms with Crippen LogP contribution in [0, 0.1) is 46.3 Å². The standard InChI is InChI=1S/C16H25N/c1-16(2,10-17)4-3-15-13-6-11-5-12(8-13)9-14(15)7-11/h11-15H,3-9H2,1-2H3. The second-order valence-corrected chi connectivity index (χ2v) is 7.63. The molecule has 0 atom stereocenters. The highest BCUT2D eigenvalue weighted by molar-refractivity contribution is 4.99. The van der Waals surface area contributed by atoms with Crippen LogP contribution >= 0.6 is 0 Å². The summed E-state index contributed by atoms with van der Waals surface area (Å²) in [6, 6.07) is 2.46. The van der Waals surface area contributed by atoms with Crippen LogP contribution in [0.3, 0.4) is 0 Å². The lowest BCUT2D eigenvalue weighted by atomic mass is 9.51. The molecule has 0 spiro atoms. The molecule has 4 fully saturated rings. The van der Waals surface area contributed by atoms with Crippen molar-refractivity contribution in [2.75, 3.05) is 0 Å². The van der Waals surface area contributed by atoms with E-state index in [4.69, 9.17) is 5.26 Å². The molecule has 1 nitrogen and oxygen atoms in total. The zero-order chi connectivity index (χ0) is 12.0. The molecule has 0 aromatic heterocycles. The summed E-state index contributed by atoms with van der Waals surface area (Å²) >= 11 is 0. The van der Waals surface area contributed by atoms with E-state index in [1.807, 2.05) is 0 Å². The minimum Gasteiger partial charge on any atom is -0.198 e. The molecule has 0 radical (unpaired) electrons. The Morgan fingerprint density at radius 3 is 2.00 bits per heavy atom. The monoisotopic (exact) mass is 231 g/mol. The van der Waals surface area contributed by atoms with E-state index in [-0.39, 0.29) is 5.41 Å². The van der Waals surface area contributed by atoms with Crippen LogP contribution in [0.1, 0.15) is 58.8 Å². The van der Waals surface area contributed by atoms with Crippen molar-refractivity contribution in [2.24, 2.45) is 35.0 Å². The van der Waals surface area contributed by atoms with Crippen LogP contribution in [0.25, 0.3) is 0 Å². The van der Waals surface area contributed by atoms with Crippen LogP contribution in [-0.2, 0) is 0 Å². The van der Waals surface area contributed by atoms with E-state index < -0.39 is 0 Å². The van der Waals surface area contributed by atoms with E-state index in [2.05, 4.69) is 19.9 Å². The van der Waals surface area contributed by atoms with E-state index in [1.165, 1.54) is 32.1 Å². The quantitative estimate of drug-likeness (QED) is 0.706. The van der Waals surface area contributed by atoms with Gasteiger partial charge in [0.2, 0.25) is 0 Å². The van der Waals surface area contributed by atoms with Gasteiger partial charge in [-0.05, 0) is 88.4 Å². The Labute approximate surface area is 106 Å². The van der Waals surface area contributed by atoms with E-state index in [9.17, 15) is 0 Å². The minimum absolute atomic E-state index is 0.103. The molecular weight excluding hydrogens is 206 g/mol. The SMILES string of the molecule is CC(C)(C#N)CCC1C2CC3CC(C2)CC1C3. The average molecular weight is 231 g/mol. The first-order valence-electron chi connectivity index (χ1n) is 7.48. The van der Waals surface area contributed by atoms with Crippen LogP contribution in [0.15, 0.2) is 0 Å². The molecule has 1 heteroatoms. The molecule has 4 aliphatic carbocycles. The van der Waals surface area contributed by atoms with Crippen molar-refractivity contribution in [1.82, 2.24) is 0 Å². The summed E-state index contributed by atoms with van der Waals surface area (Å²) in [4.78, 5) is 0. The Kier molecular flexibility index (Phi) is 2.73. The minimum atomic E-state index is -0.103. The summed E-state index contributed by atoms with van der Waals surface area (Å²) in [7, 11) is 0. The largest absolute Gasteiger partial charge is 0.198 e. The van der Waals surface area contributed by atoms with Crippen molar-refractivity contribution >= 4 is 0 Å². The van der Waals surface area contributed by atoms with Crippen molar-refractivity contribution in [3.8, 4) is 6.07 Å². The zero-order valence-corrected chi connectivity index (χ0v) is 11.3. The lowest BCUT2D eigenvalue weighted by molar-refractivity contribution is -0.0423. The van der Waals surface area contributed by atoms with Crippen LogP contribution in [0.2, 0.25) is 0 Å². The molecule has 0 heterocycles. The van der Waals surface area contributed by atoms with Crippen molar-refractivity contribution < 1.29 is 0 Å². The topological polar surface area (TPSA) is 23.8 Å². The Bertz CT molecular complexity index is 308. The molecule has 4 rings (SSSR count). The number of hydrogen-bond donors (Lipinski definition) is 0. The van der Waals surface area contributed by atoms with Gasteiger partial charge in [0.25, 0.3) is 0 Å². The molecule has 0 saturated heterocycles. The Balaban J connectivity index is 1.63. The number of hydrogen-bond acceptors (Lipinski definition) is 1. The van der Waals surface area contributed by atoms with Gasteiger partial charge in [0.05, 0.1) is 11.5 Å². The average Bonchev–Trinajstić information content (AvgIpc) is 2.27. The maximum atomic E-state index is 9.13. The summed E-state index contributed by atoms with van der Waals surface area (Å²) < 4.78 is 0. The Hall–Kier alpha value is -0.510. The van der Waals surface area contributed by atoms with Gasteiger partial charge in [0, 0.05) is 0 Å². The number of rotatable bonds is 3. The summed E-state index contributed by atoms with van der Waals surface area (Å²) in [5.41, 5.74) is -0.103. The molecule has 0 amide bonds. The van der Waals surface area contributed by atoms with Crippen molar-refractivity contribution in [1.29, 1.82) is 5.26 Å². The van der Waals surface area contributed by atoms with E-state index in [0.717, 1.165) is 36.0 Å². The molecule has 4 aliphatic rings. The fourth-order valence-electron chi connectivity index (χ4n) is 5.09.